The number of aromatic nitrogens is 2. The second kappa shape index (κ2) is 5.78. The van der Waals surface area contributed by atoms with Crippen molar-refractivity contribution >= 4 is 5.65 Å². The Balaban J connectivity index is 1.74. The smallest absolute Gasteiger partial charge is 0.137 e. The Morgan fingerprint density at radius 1 is 1.29 bits per heavy atom. The molecule has 0 aliphatic carbocycles. The molecule has 21 heavy (non-hydrogen) atoms. The van der Waals surface area contributed by atoms with Crippen molar-refractivity contribution < 1.29 is 5.11 Å². The lowest BCUT2D eigenvalue weighted by atomic mass is 9.77. The minimum Gasteiger partial charge on any atom is -0.396 e. The van der Waals surface area contributed by atoms with Crippen molar-refractivity contribution in [3.63, 3.8) is 0 Å². The van der Waals surface area contributed by atoms with Gasteiger partial charge in [0.2, 0.25) is 0 Å². The van der Waals surface area contributed by atoms with Gasteiger partial charge in [-0.25, -0.2) is 4.98 Å². The second-order valence-corrected chi connectivity index (χ2v) is 6.36. The molecule has 1 fully saturated rings. The average Bonchev–Trinajstić information content (AvgIpc) is 2.84. The van der Waals surface area contributed by atoms with Gasteiger partial charge in [-0.15, -0.1) is 0 Å². The summed E-state index contributed by atoms with van der Waals surface area (Å²) in [4.78, 5) is 7.13. The van der Waals surface area contributed by atoms with Crippen LogP contribution >= 0.6 is 0 Å². The van der Waals surface area contributed by atoms with Crippen LogP contribution in [0.5, 0.6) is 0 Å². The van der Waals surface area contributed by atoms with Gasteiger partial charge in [0.05, 0.1) is 11.4 Å². The minimum absolute atomic E-state index is 0.158. The molecule has 0 amide bonds. The highest BCUT2D eigenvalue weighted by Crippen LogP contribution is 2.34. The molecule has 4 nitrogen and oxygen atoms in total. The van der Waals surface area contributed by atoms with Crippen LogP contribution in [0.2, 0.25) is 0 Å². The topological polar surface area (TPSA) is 40.8 Å². The third-order valence-electron chi connectivity index (χ3n) is 5.20. The fourth-order valence-corrected chi connectivity index (χ4v) is 3.38. The van der Waals surface area contributed by atoms with Crippen molar-refractivity contribution in [1.29, 1.82) is 0 Å². The highest BCUT2D eigenvalue weighted by atomic mass is 16.3. The van der Waals surface area contributed by atoms with Gasteiger partial charge in [0, 0.05) is 19.3 Å². The zero-order valence-electron chi connectivity index (χ0n) is 13.0. The molecule has 0 aromatic carbocycles. The molecule has 2 aromatic rings. The Morgan fingerprint density at radius 2 is 2.05 bits per heavy atom. The summed E-state index contributed by atoms with van der Waals surface area (Å²) >= 11 is 0. The predicted octanol–water partition coefficient (Wildman–Crippen LogP) is 2.63. The van der Waals surface area contributed by atoms with E-state index in [9.17, 15) is 5.11 Å². The predicted molar refractivity (Wildman–Crippen MR) is 84.2 cm³/mol. The van der Waals surface area contributed by atoms with E-state index in [4.69, 9.17) is 0 Å². The molecule has 0 bridgehead atoms. The lowest BCUT2D eigenvalue weighted by Gasteiger charge is -2.40. The fraction of sp³-hybridized carbons (Fsp3) is 0.588. The normalized spacial score (nSPS) is 19.2. The molecule has 0 atom stereocenters. The van der Waals surface area contributed by atoms with Gasteiger partial charge in [-0.1, -0.05) is 13.0 Å². The van der Waals surface area contributed by atoms with Crippen molar-refractivity contribution in [3.8, 4) is 0 Å². The van der Waals surface area contributed by atoms with Crippen molar-refractivity contribution in [1.82, 2.24) is 14.3 Å². The molecule has 1 aliphatic rings. The van der Waals surface area contributed by atoms with E-state index >= 15 is 0 Å². The Bertz CT molecular complexity index is 606. The van der Waals surface area contributed by atoms with Gasteiger partial charge in [0.15, 0.2) is 0 Å². The Morgan fingerprint density at radius 3 is 2.71 bits per heavy atom. The second-order valence-electron chi connectivity index (χ2n) is 6.36. The Labute approximate surface area is 126 Å². The number of aryl methyl sites for hydroxylation is 1. The fourth-order valence-electron chi connectivity index (χ4n) is 3.38. The van der Waals surface area contributed by atoms with E-state index < -0.39 is 0 Å². The van der Waals surface area contributed by atoms with E-state index in [1.165, 1.54) is 5.69 Å². The maximum Gasteiger partial charge on any atom is 0.137 e. The van der Waals surface area contributed by atoms with Crippen LogP contribution in [0.25, 0.3) is 5.65 Å². The van der Waals surface area contributed by atoms with E-state index in [-0.39, 0.29) is 5.41 Å². The van der Waals surface area contributed by atoms with Crippen LogP contribution < -0.4 is 0 Å². The molecule has 2 aromatic heterocycles. The van der Waals surface area contributed by atoms with E-state index in [0.29, 0.717) is 6.61 Å². The van der Waals surface area contributed by atoms with Crippen molar-refractivity contribution in [3.05, 3.63) is 35.8 Å². The first-order valence-electron chi connectivity index (χ1n) is 7.93. The lowest BCUT2D eigenvalue weighted by Crippen LogP contribution is -2.41. The number of pyridine rings is 1. The number of fused-ring (bicyclic) bond motifs is 1. The summed E-state index contributed by atoms with van der Waals surface area (Å²) in [5.74, 6) is 0. The average molecular weight is 287 g/mol. The standard InChI is InChI=1S/C17H25N3O/c1-3-17(13-21)7-10-19(11-8-17)12-15-14(2)18-16-6-4-5-9-20(15)16/h4-6,9,21H,3,7-8,10-13H2,1-2H3. The first kappa shape index (κ1) is 14.5. The van der Waals surface area contributed by atoms with Crippen LogP contribution in [-0.2, 0) is 6.54 Å². The van der Waals surface area contributed by atoms with Gasteiger partial charge >= 0.3 is 0 Å². The maximum absolute atomic E-state index is 9.64. The third-order valence-corrected chi connectivity index (χ3v) is 5.20. The van der Waals surface area contributed by atoms with Crippen LogP contribution in [0.4, 0.5) is 0 Å². The van der Waals surface area contributed by atoms with Gasteiger partial charge in [-0.2, -0.15) is 0 Å². The van der Waals surface area contributed by atoms with Gasteiger partial charge < -0.3 is 9.51 Å². The van der Waals surface area contributed by atoms with Crippen LogP contribution in [0.1, 0.15) is 37.6 Å². The summed E-state index contributed by atoms with van der Waals surface area (Å²) in [6.07, 6.45) is 5.36. The number of hydrogen-bond donors (Lipinski definition) is 1. The first-order chi connectivity index (χ1) is 10.2. The van der Waals surface area contributed by atoms with Crippen molar-refractivity contribution in [2.45, 2.75) is 39.7 Å². The van der Waals surface area contributed by atoms with E-state index in [0.717, 1.165) is 50.2 Å². The number of rotatable bonds is 4. The summed E-state index contributed by atoms with van der Waals surface area (Å²) in [7, 11) is 0. The number of aliphatic hydroxyl groups is 1. The quantitative estimate of drug-likeness (QED) is 0.940. The third kappa shape index (κ3) is 2.70. The van der Waals surface area contributed by atoms with E-state index in [2.05, 4.69) is 46.5 Å². The Hall–Kier alpha value is -1.39. The molecule has 0 saturated carbocycles. The van der Waals surface area contributed by atoms with Gasteiger partial charge in [-0.3, -0.25) is 4.90 Å². The van der Waals surface area contributed by atoms with Gasteiger partial charge in [-0.05, 0) is 56.8 Å². The Kier molecular flexibility index (Phi) is 4.00. The number of hydrogen-bond acceptors (Lipinski definition) is 3. The van der Waals surface area contributed by atoms with Crippen LogP contribution in [0.15, 0.2) is 24.4 Å². The molecule has 114 valence electrons. The minimum atomic E-state index is 0.158. The number of piperidine rings is 1. The summed E-state index contributed by atoms with van der Waals surface area (Å²) in [5, 5.41) is 9.64. The molecule has 3 heterocycles. The molecule has 3 rings (SSSR count). The van der Waals surface area contributed by atoms with Crippen molar-refractivity contribution in [2.75, 3.05) is 19.7 Å². The van der Waals surface area contributed by atoms with E-state index in [1.54, 1.807) is 0 Å². The van der Waals surface area contributed by atoms with Crippen molar-refractivity contribution in [2.24, 2.45) is 5.41 Å². The molecule has 4 heteroatoms. The number of likely N-dealkylation sites (tertiary alicyclic amines) is 1. The lowest BCUT2D eigenvalue weighted by molar-refractivity contribution is 0.0377. The number of aliphatic hydroxyl groups excluding tert-OH is 1. The highest BCUT2D eigenvalue weighted by molar-refractivity contribution is 5.42. The molecular weight excluding hydrogens is 262 g/mol. The van der Waals surface area contributed by atoms with Gasteiger partial charge in [0.1, 0.15) is 5.65 Å². The van der Waals surface area contributed by atoms with Gasteiger partial charge in [0.25, 0.3) is 0 Å². The number of nitrogens with zero attached hydrogens (tertiary/aromatic N) is 3. The molecule has 1 N–H and O–H groups in total. The largest absolute Gasteiger partial charge is 0.396 e. The molecule has 1 aliphatic heterocycles. The molecule has 0 spiro atoms. The number of imidazole rings is 1. The summed E-state index contributed by atoms with van der Waals surface area (Å²) in [5.41, 5.74) is 3.60. The molecule has 0 radical (unpaired) electrons. The zero-order valence-corrected chi connectivity index (χ0v) is 13.0. The van der Waals surface area contributed by atoms with Crippen LogP contribution in [0, 0.1) is 12.3 Å². The summed E-state index contributed by atoms with van der Waals surface area (Å²) in [6.45, 7) is 7.69. The first-order valence-corrected chi connectivity index (χ1v) is 7.93. The molecule has 0 unspecified atom stereocenters. The maximum atomic E-state index is 9.64. The SMILES string of the molecule is CCC1(CO)CCN(Cc2c(C)nc3ccccn23)CC1. The molecular formula is C17H25N3O. The molecule has 1 saturated heterocycles. The van der Waals surface area contributed by atoms with Crippen LogP contribution in [-0.4, -0.2) is 39.1 Å². The summed E-state index contributed by atoms with van der Waals surface area (Å²) < 4.78 is 2.20. The van der Waals surface area contributed by atoms with E-state index in [1.807, 2.05) is 6.07 Å². The summed E-state index contributed by atoms with van der Waals surface area (Å²) in [6, 6.07) is 6.14. The highest BCUT2D eigenvalue weighted by Gasteiger charge is 2.32. The zero-order chi connectivity index (χ0) is 14.9. The monoisotopic (exact) mass is 287 g/mol. The van der Waals surface area contributed by atoms with Crippen LogP contribution in [0.3, 0.4) is 0 Å².